The van der Waals surface area contributed by atoms with Crippen molar-refractivity contribution in [3.05, 3.63) is 30.1 Å². The molecule has 2 rings (SSSR count). The highest BCUT2D eigenvalue weighted by molar-refractivity contribution is 6.35. The van der Waals surface area contributed by atoms with Gasteiger partial charge in [-0.05, 0) is 30.9 Å². The van der Waals surface area contributed by atoms with Crippen LogP contribution in [-0.4, -0.2) is 22.8 Å². The van der Waals surface area contributed by atoms with Crippen molar-refractivity contribution in [3.8, 4) is 0 Å². The minimum atomic E-state index is -0.589. The van der Waals surface area contributed by atoms with Gasteiger partial charge in [0.15, 0.2) is 0 Å². The van der Waals surface area contributed by atoms with Crippen LogP contribution in [0.4, 0.5) is 0 Å². The zero-order valence-electron chi connectivity index (χ0n) is 11.8. The molecule has 2 atom stereocenters. The highest BCUT2D eigenvalue weighted by Crippen LogP contribution is 2.23. The number of hydrogen-bond acceptors (Lipinski definition) is 3. The topological polar surface area (TPSA) is 71.1 Å². The second-order valence-corrected chi connectivity index (χ2v) is 5.35. The van der Waals surface area contributed by atoms with Gasteiger partial charge in [0.25, 0.3) is 0 Å². The van der Waals surface area contributed by atoms with E-state index in [4.69, 9.17) is 0 Å². The fraction of sp³-hybridized carbons (Fsp3) is 0.533. The van der Waals surface area contributed by atoms with Gasteiger partial charge in [-0.1, -0.05) is 25.8 Å². The molecule has 0 saturated heterocycles. The molecular formula is C15H21N3O2. The average molecular weight is 275 g/mol. The first kappa shape index (κ1) is 14.5. The summed E-state index contributed by atoms with van der Waals surface area (Å²) in [6.07, 6.45) is 6.05. The molecule has 5 nitrogen and oxygen atoms in total. The van der Waals surface area contributed by atoms with E-state index in [-0.39, 0.29) is 12.6 Å². The molecule has 108 valence electrons. The van der Waals surface area contributed by atoms with Gasteiger partial charge >= 0.3 is 11.8 Å². The van der Waals surface area contributed by atoms with E-state index in [1.54, 1.807) is 12.3 Å². The Balaban J connectivity index is 1.78. The summed E-state index contributed by atoms with van der Waals surface area (Å²) in [4.78, 5) is 27.7. The molecule has 5 heteroatoms. The molecule has 1 aromatic heterocycles. The van der Waals surface area contributed by atoms with Gasteiger partial charge in [0.2, 0.25) is 0 Å². The predicted octanol–water partition coefficient (Wildman–Crippen LogP) is 1.39. The van der Waals surface area contributed by atoms with Crippen LogP contribution in [0.3, 0.4) is 0 Å². The van der Waals surface area contributed by atoms with Crippen molar-refractivity contribution in [3.63, 3.8) is 0 Å². The summed E-state index contributed by atoms with van der Waals surface area (Å²) in [6, 6.07) is 5.58. The summed E-state index contributed by atoms with van der Waals surface area (Å²) < 4.78 is 0. The van der Waals surface area contributed by atoms with Gasteiger partial charge in [0.05, 0.1) is 12.2 Å². The van der Waals surface area contributed by atoms with Crippen molar-refractivity contribution >= 4 is 11.8 Å². The standard InChI is InChI=1S/C15H21N3O2/c1-11-6-2-3-8-13(11)18-15(20)14(19)17-10-12-7-4-5-9-16-12/h4-5,7,9,11,13H,2-3,6,8,10H2,1H3,(H,17,19)(H,18,20)/t11-,13-/m1/s1. The molecule has 1 aromatic rings. The van der Waals surface area contributed by atoms with E-state index in [0.717, 1.165) is 25.0 Å². The quantitative estimate of drug-likeness (QED) is 0.819. The molecule has 0 aliphatic heterocycles. The maximum Gasteiger partial charge on any atom is 0.309 e. The Kier molecular flexibility index (Phi) is 5.09. The predicted molar refractivity (Wildman–Crippen MR) is 75.6 cm³/mol. The Morgan fingerprint density at radius 3 is 2.75 bits per heavy atom. The number of pyridine rings is 1. The van der Waals surface area contributed by atoms with Gasteiger partial charge in [-0.25, -0.2) is 0 Å². The van der Waals surface area contributed by atoms with Gasteiger partial charge in [-0.15, -0.1) is 0 Å². The van der Waals surface area contributed by atoms with Crippen molar-refractivity contribution in [2.45, 2.75) is 45.2 Å². The van der Waals surface area contributed by atoms with Crippen molar-refractivity contribution in [1.29, 1.82) is 0 Å². The molecular weight excluding hydrogens is 254 g/mol. The highest BCUT2D eigenvalue weighted by Gasteiger charge is 2.25. The van der Waals surface area contributed by atoms with E-state index in [9.17, 15) is 9.59 Å². The fourth-order valence-electron chi connectivity index (χ4n) is 2.52. The van der Waals surface area contributed by atoms with Crippen molar-refractivity contribution in [1.82, 2.24) is 15.6 Å². The minimum Gasteiger partial charge on any atom is -0.345 e. The number of nitrogens with zero attached hydrogens (tertiary/aromatic N) is 1. The maximum atomic E-state index is 11.8. The molecule has 1 fully saturated rings. The number of aromatic nitrogens is 1. The van der Waals surface area contributed by atoms with Gasteiger partial charge in [-0.3, -0.25) is 14.6 Å². The third-order valence-electron chi connectivity index (χ3n) is 3.79. The van der Waals surface area contributed by atoms with Gasteiger partial charge in [0, 0.05) is 12.2 Å². The number of nitrogens with one attached hydrogen (secondary N) is 2. The summed E-state index contributed by atoms with van der Waals surface area (Å²) >= 11 is 0. The molecule has 1 heterocycles. The van der Waals surface area contributed by atoms with Crippen LogP contribution in [0.15, 0.2) is 24.4 Å². The number of carbonyl (C=O) groups is 2. The summed E-state index contributed by atoms with van der Waals surface area (Å²) in [5.74, 6) is -0.690. The lowest BCUT2D eigenvalue weighted by Crippen LogP contribution is -2.47. The van der Waals surface area contributed by atoms with E-state index in [1.165, 1.54) is 6.42 Å². The van der Waals surface area contributed by atoms with Crippen LogP contribution < -0.4 is 10.6 Å². The average Bonchev–Trinajstić information content (AvgIpc) is 2.48. The summed E-state index contributed by atoms with van der Waals surface area (Å²) in [5, 5.41) is 5.42. The zero-order chi connectivity index (χ0) is 14.4. The Hall–Kier alpha value is -1.91. The molecule has 1 aliphatic carbocycles. The number of amides is 2. The lowest BCUT2D eigenvalue weighted by atomic mass is 9.86. The maximum absolute atomic E-state index is 11.8. The minimum absolute atomic E-state index is 0.122. The summed E-state index contributed by atoms with van der Waals surface area (Å²) in [6.45, 7) is 2.39. The van der Waals surface area contributed by atoms with Crippen LogP contribution in [0.25, 0.3) is 0 Å². The first-order valence-corrected chi connectivity index (χ1v) is 7.15. The van der Waals surface area contributed by atoms with E-state index < -0.39 is 11.8 Å². The number of rotatable bonds is 3. The van der Waals surface area contributed by atoms with Crippen molar-refractivity contribution < 1.29 is 9.59 Å². The van der Waals surface area contributed by atoms with Crippen molar-refractivity contribution in [2.24, 2.45) is 5.92 Å². The van der Waals surface area contributed by atoms with Crippen LogP contribution in [0.1, 0.15) is 38.3 Å². The van der Waals surface area contributed by atoms with Crippen molar-refractivity contribution in [2.75, 3.05) is 0 Å². The molecule has 0 bridgehead atoms. The first-order chi connectivity index (χ1) is 9.66. The Labute approximate surface area is 119 Å². The third-order valence-corrected chi connectivity index (χ3v) is 3.79. The largest absolute Gasteiger partial charge is 0.345 e. The number of carbonyl (C=O) groups excluding carboxylic acids is 2. The second kappa shape index (κ2) is 7.03. The van der Waals surface area contributed by atoms with Crippen LogP contribution in [-0.2, 0) is 16.1 Å². The van der Waals surface area contributed by atoms with Gasteiger partial charge < -0.3 is 10.6 Å². The van der Waals surface area contributed by atoms with Crippen LogP contribution in [0.2, 0.25) is 0 Å². The van der Waals surface area contributed by atoms with E-state index in [0.29, 0.717) is 5.92 Å². The lowest BCUT2D eigenvalue weighted by molar-refractivity contribution is -0.140. The molecule has 0 unspecified atom stereocenters. The summed E-state index contributed by atoms with van der Waals surface area (Å²) in [5.41, 5.74) is 0.736. The molecule has 2 amide bonds. The van der Waals surface area contributed by atoms with Crippen LogP contribution >= 0.6 is 0 Å². The van der Waals surface area contributed by atoms with E-state index in [1.807, 2.05) is 12.1 Å². The van der Waals surface area contributed by atoms with E-state index in [2.05, 4.69) is 22.5 Å². The normalized spacial score (nSPS) is 22.1. The molecule has 0 radical (unpaired) electrons. The molecule has 0 spiro atoms. The Bertz CT molecular complexity index is 461. The molecule has 1 saturated carbocycles. The molecule has 1 aliphatic rings. The molecule has 2 N–H and O–H groups in total. The SMILES string of the molecule is C[C@@H]1CCCC[C@H]1NC(=O)C(=O)NCc1ccccn1. The fourth-order valence-corrected chi connectivity index (χ4v) is 2.52. The van der Waals surface area contributed by atoms with Crippen LogP contribution in [0.5, 0.6) is 0 Å². The second-order valence-electron chi connectivity index (χ2n) is 5.35. The van der Waals surface area contributed by atoms with Gasteiger partial charge in [-0.2, -0.15) is 0 Å². The summed E-state index contributed by atoms with van der Waals surface area (Å²) in [7, 11) is 0. The zero-order valence-corrected chi connectivity index (χ0v) is 11.8. The van der Waals surface area contributed by atoms with Crippen LogP contribution in [0, 0.1) is 5.92 Å². The lowest BCUT2D eigenvalue weighted by Gasteiger charge is -2.29. The smallest absolute Gasteiger partial charge is 0.309 e. The number of hydrogen-bond donors (Lipinski definition) is 2. The first-order valence-electron chi connectivity index (χ1n) is 7.15. The van der Waals surface area contributed by atoms with E-state index >= 15 is 0 Å². The Morgan fingerprint density at radius 2 is 2.05 bits per heavy atom. The third kappa shape index (κ3) is 4.05. The molecule has 20 heavy (non-hydrogen) atoms. The Morgan fingerprint density at radius 1 is 1.25 bits per heavy atom. The monoisotopic (exact) mass is 275 g/mol. The molecule has 0 aromatic carbocycles. The highest BCUT2D eigenvalue weighted by atomic mass is 16.2. The van der Waals surface area contributed by atoms with Gasteiger partial charge in [0.1, 0.15) is 0 Å².